The lowest BCUT2D eigenvalue weighted by Crippen LogP contribution is -2.44. The van der Waals surface area contributed by atoms with E-state index in [9.17, 15) is 18.0 Å². The Kier molecular flexibility index (Phi) is 6.25. The zero-order valence-corrected chi connectivity index (χ0v) is 20.4. The van der Waals surface area contributed by atoms with Crippen LogP contribution in [0.1, 0.15) is 63.9 Å². The molecule has 8 heteroatoms. The molecule has 0 N–H and O–H groups in total. The summed E-state index contributed by atoms with van der Waals surface area (Å²) in [6, 6.07) is 5.28. The van der Waals surface area contributed by atoms with Gasteiger partial charge in [0.1, 0.15) is 0 Å². The third-order valence-electron chi connectivity index (χ3n) is 7.79. The molecule has 2 saturated heterocycles. The quantitative estimate of drug-likeness (QED) is 0.673. The molecule has 0 spiro atoms. The maximum atomic E-state index is 13.4. The van der Waals surface area contributed by atoms with Crippen LogP contribution in [0.4, 0.5) is 5.69 Å². The van der Waals surface area contributed by atoms with Crippen LogP contribution in [0.15, 0.2) is 23.1 Å². The van der Waals surface area contributed by atoms with E-state index in [4.69, 9.17) is 0 Å². The second-order valence-electron chi connectivity index (χ2n) is 10.2. The van der Waals surface area contributed by atoms with Crippen molar-refractivity contribution in [1.29, 1.82) is 0 Å². The van der Waals surface area contributed by atoms with Crippen molar-refractivity contribution >= 4 is 27.5 Å². The number of likely N-dealkylation sites (tertiary alicyclic amines) is 1. The van der Waals surface area contributed by atoms with Crippen LogP contribution in [0.3, 0.4) is 0 Å². The molecule has 0 radical (unpaired) electrons. The van der Waals surface area contributed by atoms with Crippen molar-refractivity contribution in [1.82, 2.24) is 9.21 Å². The van der Waals surface area contributed by atoms with Gasteiger partial charge in [0.2, 0.25) is 21.8 Å². The van der Waals surface area contributed by atoms with Gasteiger partial charge in [-0.15, -0.1) is 0 Å². The predicted octanol–water partition coefficient (Wildman–Crippen LogP) is 3.18. The number of rotatable bonds is 4. The fraction of sp³-hybridized carbons (Fsp3) is 0.680. The molecule has 0 bridgehead atoms. The Morgan fingerprint density at radius 1 is 0.848 bits per heavy atom. The van der Waals surface area contributed by atoms with E-state index in [-0.39, 0.29) is 29.7 Å². The summed E-state index contributed by atoms with van der Waals surface area (Å²) in [5, 5.41) is 0. The van der Waals surface area contributed by atoms with E-state index >= 15 is 0 Å². The summed E-state index contributed by atoms with van der Waals surface area (Å²) in [6.45, 7) is 4.47. The lowest BCUT2D eigenvalue weighted by Gasteiger charge is -2.33. The summed E-state index contributed by atoms with van der Waals surface area (Å²) in [7, 11) is -3.62. The fourth-order valence-corrected chi connectivity index (χ4v) is 7.19. The topological polar surface area (TPSA) is 78.0 Å². The van der Waals surface area contributed by atoms with Gasteiger partial charge in [-0.1, -0.05) is 12.8 Å². The van der Waals surface area contributed by atoms with E-state index in [0.717, 1.165) is 50.0 Å². The molecule has 2 amide bonds. The minimum atomic E-state index is -3.62. The van der Waals surface area contributed by atoms with Gasteiger partial charge >= 0.3 is 0 Å². The zero-order valence-electron chi connectivity index (χ0n) is 19.5. The van der Waals surface area contributed by atoms with Gasteiger partial charge in [-0.2, -0.15) is 4.31 Å². The van der Waals surface area contributed by atoms with Crippen LogP contribution in [-0.2, 0) is 26.0 Å². The first-order chi connectivity index (χ1) is 15.9. The second-order valence-corrected chi connectivity index (χ2v) is 12.2. The summed E-state index contributed by atoms with van der Waals surface area (Å²) < 4.78 is 28.3. The molecular formula is C25H35N3O4S. The van der Waals surface area contributed by atoms with Gasteiger partial charge in [-0.3, -0.25) is 9.59 Å². The van der Waals surface area contributed by atoms with E-state index in [1.165, 1.54) is 17.1 Å². The smallest absolute Gasteiger partial charge is 0.243 e. The van der Waals surface area contributed by atoms with E-state index in [0.29, 0.717) is 37.2 Å². The zero-order chi connectivity index (χ0) is 23.2. The van der Waals surface area contributed by atoms with Crippen LogP contribution in [0.5, 0.6) is 0 Å². The highest BCUT2D eigenvalue weighted by Gasteiger charge is 2.40. The molecule has 1 aliphatic carbocycles. The van der Waals surface area contributed by atoms with Crippen molar-refractivity contribution in [2.75, 3.05) is 31.1 Å². The minimum absolute atomic E-state index is 0.0619. The Morgan fingerprint density at radius 3 is 2.12 bits per heavy atom. The molecule has 5 rings (SSSR count). The molecule has 3 heterocycles. The number of carbonyl (C=O) groups is 2. The Labute approximate surface area is 197 Å². The van der Waals surface area contributed by atoms with Crippen molar-refractivity contribution < 1.29 is 18.0 Å². The molecule has 4 aliphatic rings. The second kappa shape index (κ2) is 9.02. The van der Waals surface area contributed by atoms with Gasteiger partial charge in [0, 0.05) is 49.7 Å². The summed E-state index contributed by atoms with van der Waals surface area (Å²) in [6.07, 6.45) is 8.28. The molecule has 180 valence electrons. The lowest BCUT2D eigenvalue weighted by atomic mass is 9.96. The Hall–Kier alpha value is -1.93. The summed E-state index contributed by atoms with van der Waals surface area (Å²) >= 11 is 0. The molecule has 3 aliphatic heterocycles. The maximum absolute atomic E-state index is 13.4. The summed E-state index contributed by atoms with van der Waals surface area (Å²) in [4.78, 5) is 29.8. The minimum Gasteiger partial charge on any atom is -0.342 e. The van der Waals surface area contributed by atoms with Crippen molar-refractivity contribution in [3.05, 3.63) is 23.8 Å². The predicted molar refractivity (Wildman–Crippen MR) is 126 cm³/mol. The van der Waals surface area contributed by atoms with Gasteiger partial charge in [-0.25, -0.2) is 8.42 Å². The number of piperidine rings is 1. The lowest BCUT2D eigenvalue weighted by molar-refractivity contribution is -0.136. The molecular weight excluding hydrogens is 438 g/mol. The molecule has 1 atom stereocenters. The first-order valence-electron chi connectivity index (χ1n) is 12.6. The van der Waals surface area contributed by atoms with Crippen LogP contribution >= 0.6 is 0 Å². The van der Waals surface area contributed by atoms with E-state index in [1.54, 1.807) is 12.1 Å². The molecule has 1 saturated carbocycles. The number of sulfonamides is 1. The summed E-state index contributed by atoms with van der Waals surface area (Å²) in [5.41, 5.74) is 1.80. The van der Waals surface area contributed by atoms with E-state index < -0.39 is 10.0 Å². The van der Waals surface area contributed by atoms with Gasteiger partial charge in [0.25, 0.3) is 0 Å². The molecule has 0 aromatic heterocycles. The Bertz CT molecular complexity index is 1020. The van der Waals surface area contributed by atoms with Crippen LogP contribution in [0, 0.1) is 11.8 Å². The van der Waals surface area contributed by atoms with Gasteiger partial charge in [0.05, 0.1) is 4.90 Å². The number of nitrogens with zero attached hydrogens (tertiary/aromatic N) is 3. The number of hydrogen-bond donors (Lipinski definition) is 0. The Morgan fingerprint density at radius 2 is 1.48 bits per heavy atom. The van der Waals surface area contributed by atoms with E-state index in [2.05, 4.69) is 0 Å². The van der Waals surface area contributed by atoms with Crippen molar-refractivity contribution in [2.24, 2.45) is 11.8 Å². The van der Waals surface area contributed by atoms with Crippen LogP contribution < -0.4 is 4.90 Å². The highest BCUT2D eigenvalue weighted by Crippen LogP contribution is 2.40. The molecule has 1 aromatic carbocycles. The monoisotopic (exact) mass is 473 g/mol. The van der Waals surface area contributed by atoms with E-state index in [1.807, 2.05) is 22.8 Å². The molecule has 33 heavy (non-hydrogen) atoms. The number of benzene rings is 1. The molecule has 1 aromatic rings. The third-order valence-corrected chi connectivity index (χ3v) is 9.68. The fourth-order valence-electron chi connectivity index (χ4n) is 5.67. The average molecular weight is 474 g/mol. The van der Waals surface area contributed by atoms with Crippen LogP contribution in [-0.4, -0.2) is 61.7 Å². The standard InChI is InChI=1S/C25H35N3O4S/c1-18-16-21-17-22(8-9-23(21)28(18)25(30)19-6-7-19)33(31,32)27-14-10-20(11-15-27)24(29)26-12-4-2-3-5-13-26/h8-9,17-20H,2-7,10-16H2,1H3/t18-/m0/s1. The average Bonchev–Trinajstić information content (AvgIpc) is 3.64. The largest absolute Gasteiger partial charge is 0.342 e. The number of anilines is 1. The SMILES string of the molecule is C[C@H]1Cc2cc(S(=O)(=O)N3CCC(C(=O)N4CCCCCC4)CC3)ccc2N1C(=O)C1CC1. The number of carbonyl (C=O) groups excluding carboxylic acids is 2. The summed E-state index contributed by atoms with van der Waals surface area (Å²) in [5.74, 6) is 0.450. The highest BCUT2D eigenvalue weighted by atomic mass is 32.2. The first-order valence-corrected chi connectivity index (χ1v) is 14.0. The van der Waals surface area contributed by atoms with Crippen molar-refractivity contribution in [3.63, 3.8) is 0 Å². The highest BCUT2D eigenvalue weighted by molar-refractivity contribution is 7.89. The van der Waals surface area contributed by atoms with Gasteiger partial charge < -0.3 is 9.80 Å². The molecule has 0 unspecified atom stereocenters. The number of fused-ring (bicyclic) bond motifs is 1. The maximum Gasteiger partial charge on any atom is 0.243 e. The van der Waals surface area contributed by atoms with Gasteiger partial charge in [0.15, 0.2) is 0 Å². The normalized spacial score (nSPS) is 25.1. The van der Waals surface area contributed by atoms with Crippen molar-refractivity contribution in [3.8, 4) is 0 Å². The van der Waals surface area contributed by atoms with Crippen LogP contribution in [0.2, 0.25) is 0 Å². The van der Waals surface area contributed by atoms with Gasteiger partial charge in [-0.05, 0) is 75.6 Å². The number of hydrogen-bond acceptors (Lipinski definition) is 4. The van der Waals surface area contributed by atoms with Crippen LogP contribution in [0.25, 0.3) is 0 Å². The molecule has 3 fully saturated rings. The number of amides is 2. The molecule has 7 nitrogen and oxygen atoms in total. The third kappa shape index (κ3) is 4.44. The Balaban J connectivity index is 1.26. The van der Waals surface area contributed by atoms with Crippen molar-refractivity contribution in [2.45, 2.75) is 75.6 Å². The first kappa shape index (κ1) is 22.8.